The lowest BCUT2D eigenvalue weighted by atomic mass is 9.83. The molecule has 0 bridgehead atoms. The molecule has 2 unspecified atom stereocenters. The number of rotatable bonds is 8. The monoisotopic (exact) mass is 255 g/mol. The molecule has 1 aliphatic rings. The first-order chi connectivity index (χ1) is 8.77. The van der Waals surface area contributed by atoms with Gasteiger partial charge in [-0.3, -0.25) is 0 Å². The zero-order valence-corrected chi connectivity index (χ0v) is 11.8. The molecule has 1 fully saturated rings. The molecular weight excluding hydrogens is 226 g/mol. The molecule has 1 aliphatic carbocycles. The van der Waals surface area contributed by atoms with Gasteiger partial charge in [-0.25, -0.2) is 0 Å². The van der Waals surface area contributed by atoms with Gasteiger partial charge in [0.05, 0.1) is 11.8 Å². The fraction of sp³-hybridized carbons (Fsp3) is 0.933. The third-order valence-electron chi connectivity index (χ3n) is 4.08. The van der Waals surface area contributed by atoms with Crippen LogP contribution in [0.25, 0.3) is 0 Å². The molecular formula is C15H29NO2. The summed E-state index contributed by atoms with van der Waals surface area (Å²) in [4.78, 5) is 0. The average Bonchev–Trinajstić information content (AvgIpc) is 2.39. The summed E-state index contributed by atoms with van der Waals surface area (Å²) in [6.45, 7) is 2.25. The highest BCUT2D eigenvalue weighted by Gasteiger charge is 2.25. The van der Waals surface area contributed by atoms with E-state index in [9.17, 15) is 5.11 Å². The lowest BCUT2D eigenvalue weighted by molar-refractivity contribution is 0.185. The summed E-state index contributed by atoms with van der Waals surface area (Å²) in [6, 6.07) is 0. The normalized spacial score (nSPS) is 26.7. The van der Waals surface area contributed by atoms with Crippen molar-refractivity contribution >= 4 is 5.71 Å². The van der Waals surface area contributed by atoms with E-state index in [2.05, 4.69) is 12.1 Å². The van der Waals surface area contributed by atoms with Crippen LogP contribution in [0, 0.1) is 5.92 Å². The number of aliphatic hydroxyl groups is 1. The zero-order chi connectivity index (χ0) is 13.2. The minimum absolute atomic E-state index is 0.500. The molecule has 0 saturated heterocycles. The topological polar surface area (TPSA) is 52.8 Å². The van der Waals surface area contributed by atoms with Gasteiger partial charge in [0, 0.05) is 0 Å². The van der Waals surface area contributed by atoms with Gasteiger partial charge in [-0.15, -0.1) is 0 Å². The van der Waals surface area contributed by atoms with Gasteiger partial charge in [0.25, 0.3) is 0 Å². The molecule has 0 heterocycles. The van der Waals surface area contributed by atoms with Crippen LogP contribution in [-0.4, -0.2) is 22.1 Å². The van der Waals surface area contributed by atoms with Gasteiger partial charge in [-0.1, -0.05) is 63.4 Å². The Labute approximate surface area is 111 Å². The van der Waals surface area contributed by atoms with Gasteiger partial charge in [0.2, 0.25) is 0 Å². The van der Waals surface area contributed by atoms with Crippen LogP contribution < -0.4 is 0 Å². The van der Waals surface area contributed by atoms with Crippen LogP contribution in [0.3, 0.4) is 0 Å². The summed E-state index contributed by atoms with van der Waals surface area (Å²) in [5.41, 5.74) is 0.592. The van der Waals surface area contributed by atoms with Crippen LogP contribution in [0.1, 0.15) is 77.6 Å². The van der Waals surface area contributed by atoms with E-state index in [1.54, 1.807) is 0 Å². The third-order valence-corrected chi connectivity index (χ3v) is 4.08. The Balaban J connectivity index is 2.02. The Kier molecular flexibility index (Phi) is 8.06. The Bertz CT molecular complexity index is 241. The van der Waals surface area contributed by atoms with Crippen LogP contribution in [-0.2, 0) is 0 Å². The van der Waals surface area contributed by atoms with Gasteiger partial charge >= 0.3 is 0 Å². The molecule has 0 aliphatic heterocycles. The van der Waals surface area contributed by atoms with Crippen molar-refractivity contribution in [3.63, 3.8) is 0 Å². The van der Waals surface area contributed by atoms with Crippen LogP contribution in [0.2, 0.25) is 0 Å². The summed E-state index contributed by atoms with van der Waals surface area (Å²) in [5, 5.41) is 21.6. The smallest absolute Gasteiger partial charge is 0.0954 e. The number of oxime groups is 1. The maximum absolute atomic E-state index is 9.59. The SMILES string of the molecule is CCCCCCCCCC1CCC(O)/C(=N\O)C1. The fourth-order valence-electron chi connectivity index (χ4n) is 2.84. The lowest BCUT2D eigenvalue weighted by Crippen LogP contribution is -2.29. The quantitative estimate of drug-likeness (QED) is 0.389. The van der Waals surface area contributed by atoms with Crippen LogP contribution >= 0.6 is 0 Å². The van der Waals surface area contributed by atoms with Crippen molar-refractivity contribution in [1.82, 2.24) is 0 Å². The van der Waals surface area contributed by atoms with Crippen molar-refractivity contribution in [2.24, 2.45) is 11.1 Å². The molecule has 0 radical (unpaired) electrons. The fourth-order valence-corrected chi connectivity index (χ4v) is 2.84. The average molecular weight is 255 g/mol. The first kappa shape index (κ1) is 15.5. The van der Waals surface area contributed by atoms with Gasteiger partial charge in [0.15, 0.2) is 0 Å². The number of hydrogen-bond donors (Lipinski definition) is 2. The number of nitrogens with zero attached hydrogens (tertiary/aromatic N) is 1. The van der Waals surface area contributed by atoms with Crippen molar-refractivity contribution in [3.05, 3.63) is 0 Å². The highest BCUT2D eigenvalue weighted by molar-refractivity contribution is 5.88. The van der Waals surface area contributed by atoms with Gasteiger partial charge in [-0.05, 0) is 25.2 Å². The number of hydrogen-bond acceptors (Lipinski definition) is 3. The van der Waals surface area contributed by atoms with E-state index in [1.807, 2.05) is 0 Å². The molecule has 3 heteroatoms. The Morgan fingerprint density at radius 1 is 1.06 bits per heavy atom. The standard InChI is InChI=1S/C15H29NO2/c1-2-3-4-5-6-7-8-9-13-10-11-15(17)14(12-13)16-18/h13,15,17-18H,2-12H2,1H3/b16-14-. The second-order valence-electron chi connectivity index (χ2n) is 5.66. The maximum atomic E-state index is 9.59. The summed E-state index contributed by atoms with van der Waals surface area (Å²) in [5.74, 6) is 0.620. The minimum Gasteiger partial charge on any atom is -0.411 e. The molecule has 1 saturated carbocycles. The van der Waals surface area contributed by atoms with Crippen molar-refractivity contribution in [3.8, 4) is 0 Å². The highest BCUT2D eigenvalue weighted by Crippen LogP contribution is 2.27. The van der Waals surface area contributed by atoms with Crippen LogP contribution in [0.15, 0.2) is 5.16 Å². The predicted molar refractivity (Wildman–Crippen MR) is 75.2 cm³/mol. The van der Waals surface area contributed by atoms with E-state index in [0.717, 1.165) is 19.3 Å². The first-order valence-corrected chi connectivity index (χ1v) is 7.66. The molecule has 0 spiro atoms. The van der Waals surface area contributed by atoms with Gasteiger partial charge in [-0.2, -0.15) is 0 Å². The molecule has 2 N–H and O–H groups in total. The zero-order valence-electron chi connectivity index (χ0n) is 11.8. The largest absolute Gasteiger partial charge is 0.411 e. The predicted octanol–water partition coefficient (Wildman–Crippen LogP) is 4.12. The van der Waals surface area contributed by atoms with Crippen molar-refractivity contribution in [2.75, 3.05) is 0 Å². The molecule has 2 atom stereocenters. The molecule has 3 nitrogen and oxygen atoms in total. The first-order valence-electron chi connectivity index (χ1n) is 7.66. The molecule has 18 heavy (non-hydrogen) atoms. The van der Waals surface area contributed by atoms with Crippen molar-refractivity contribution in [2.45, 2.75) is 83.7 Å². The summed E-state index contributed by atoms with van der Waals surface area (Å²) in [7, 11) is 0. The molecule has 106 valence electrons. The number of aliphatic hydroxyl groups excluding tert-OH is 1. The van der Waals surface area contributed by atoms with E-state index in [1.165, 1.54) is 51.4 Å². The summed E-state index contributed by atoms with van der Waals surface area (Å²) in [6.07, 6.45) is 12.8. The third kappa shape index (κ3) is 5.85. The van der Waals surface area contributed by atoms with Crippen LogP contribution in [0.4, 0.5) is 0 Å². The second-order valence-corrected chi connectivity index (χ2v) is 5.66. The van der Waals surface area contributed by atoms with E-state index in [0.29, 0.717) is 11.6 Å². The maximum Gasteiger partial charge on any atom is 0.0954 e. The molecule has 0 amide bonds. The van der Waals surface area contributed by atoms with E-state index in [-0.39, 0.29) is 0 Å². The minimum atomic E-state index is -0.500. The van der Waals surface area contributed by atoms with Crippen molar-refractivity contribution in [1.29, 1.82) is 0 Å². The van der Waals surface area contributed by atoms with E-state index < -0.39 is 6.10 Å². The van der Waals surface area contributed by atoms with Crippen molar-refractivity contribution < 1.29 is 10.3 Å². The second kappa shape index (κ2) is 9.37. The highest BCUT2D eigenvalue weighted by atomic mass is 16.4. The summed E-state index contributed by atoms with van der Waals surface area (Å²) >= 11 is 0. The number of unbranched alkanes of at least 4 members (excludes halogenated alkanes) is 6. The van der Waals surface area contributed by atoms with Gasteiger partial charge < -0.3 is 10.3 Å². The molecule has 0 aromatic rings. The van der Waals surface area contributed by atoms with E-state index >= 15 is 0 Å². The van der Waals surface area contributed by atoms with Gasteiger partial charge in [0.1, 0.15) is 0 Å². The Morgan fingerprint density at radius 3 is 2.39 bits per heavy atom. The van der Waals surface area contributed by atoms with E-state index in [4.69, 9.17) is 5.21 Å². The Morgan fingerprint density at radius 2 is 1.72 bits per heavy atom. The molecule has 1 rings (SSSR count). The van der Waals surface area contributed by atoms with Crippen LogP contribution in [0.5, 0.6) is 0 Å². The Hall–Kier alpha value is -0.570. The summed E-state index contributed by atoms with van der Waals surface area (Å²) < 4.78 is 0. The molecule has 0 aromatic heterocycles. The molecule has 0 aromatic carbocycles. The lowest BCUT2D eigenvalue weighted by Gasteiger charge is -2.26.